The molecule has 1 fully saturated rings. The van der Waals surface area contributed by atoms with Crippen molar-refractivity contribution in [1.29, 1.82) is 0 Å². The van der Waals surface area contributed by atoms with Crippen LogP contribution in [0.4, 0.5) is 8.78 Å². The van der Waals surface area contributed by atoms with E-state index in [2.05, 4.69) is 0 Å². The first-order valence-corrected chi connectivity index (χ1v) is 7.99. The molecule has 110 valence electrons. The summed E-state index contributed by atoms with van der Waals surface area (Å²) in [4.78, 5) is 13.6. The van der Waals surface area contributed by atoms with Crippen LogP contribution in [0.5, 0.6) is 0 Å². The van der Waals surface area contributed by atoms with E-state index in [0.717, 1.165) is 12.1 Å². The van der Waals surface area contributed by atoms with Crippen molar-refractivity contribution < 1.29 is 22.0 Å². The molecule has 4 nitrogen and oxygen atoms in total. The van der Waals surface area contributed by atoms with E-state index in [4.69, 9.17) is 0 Å². The molecule has 1 aliphatic rings. The van der Waals surface area contributed by atoms with Gasteiger partial charge in [-0.1, -0.05) is 0 Å². The van der Waals surface area contributed by atoms with E-state index < -0.39 is 21.5 Å². The van der Waals surface area contributed by atoms with Gasteiger partial charge in [-0.2, -0.15) is 0 Å². The Morgan fingerprint density at radius 1 is 1.35 bits per heavy atom. The summed E-state index contributed by atoms with van der Waals surface area (Å²) >= 11 is 0. The van der Waals surface area contributed by atoms with E-state index in [1.807, 2.05) is 0 Å². The molecule has 0 saturated carbocycles. The Morgan fingerprint density at radius 2 is 2.05 bits per heavy atom. The predicted octanol–water partition coefficient (Wildman–Crippen LogP) is 1.27. The first kappa shape index (κ1) is 15.1. The standard InChI is InChI=1S/C13H15F2NO3S/c1-16(10-4-5-20(18,19)8-10)7-13(17)9-2-3-11(14)12(15)6-9/h2-3,6,10H,4-5,7-8H2,1H3. The van der Waals surface area contributed by atoms with Gasteiger partial charge in [-0.25, -0.2) is 17.2 Å². The Balaban J connectivity index is 2.02. The second-order valence-corrected chi connectivity index (χ2v) is 7.25. The minimum Gasteiger partial charge on any atom is -0.295 e. The minimum absolute atomic E-state index is 0.0226. The highest BCUT2D eigenvalue weighted by Gasteiger charge is 2.31. The first-order chi connectivity index (χ1) is 9.28. The lowest BCUT2D eigenvalue weighted by molar-refractivity contribution is 0.0926. The number of hydrogen-bond acceptors (Lipinski definition) is 4. The zero-order valence-electron chi connectivity index (χ0n) is 11.0. The molecule has 1 aromatic rings. The molecule has 1 aliphatic heterocycles. The summed E-state index contributed by atoms with van der Waals surface area (Å²) in [6.07, 6.45) is 0.490. The molecule has 2 rings (SSSR count). The van der Waals surface area contributed by atoms with Crippen LogP contribution in [0.15, 0.2) is 18.2 Å². The molecular weight excluding hydrogens is 288 g/mol. The second-order valence-electron chi connectivity index (χ2n) is 5.02. The molecule has 0 N–H and O–H groups in total. The van der Waals surface area contributed by atoms with Crippen molar-refractivity contribution in [1.82, 2.24) is 4.90 Å². The van der Waals surface area contributed by atoms with Gasteiger partial charge < -0.3 is 0 Å². The Labute approximate surface area is 116 Å². The number of nitrogens with zero attached hydrogens (tertiary/aromatic N) is 1. The largest absolute Gasteiger partial charge is 0.295 e. The van der Waals surface area contributed by atoms with E-state index >= 15 is 0 Å². The van der Waals surface area contributed by atoms with Gasteiger partial charge in [0.25, 0.3) is 0 Å². The van der Waals surface area contributed by atoms with Crippen molar-refractivity contribution in [2.75, 3.05) is 25.1 Å². The highest BCUT2D eigenvalue weighted by molar-refractivity contribution is 7.91. The normalized spacial score (nSPS) is 21.3. The predicted molar refractivity (Wildman–Crippen MR) is 70.4 cm³/mol. The molecule has 20 heavy (non-hydrogen) atoms. The third-order valence-electron chi connectivity index (χ3n) is 3.47. The molecule has 0 spiro atoms. The molecule has 1 unspecified atom stereocenters. The molecule has 0 bridgehead atoms. The summed E-state index contributed by atoms with van der Waals surface area (Å²) in [5.74, 6) is -2.27. The van der Waals surface area contributed by atoms with Gasteiger partial charge in [0.2, 0.25) is 0 Å². The lowest BCUT2D eigenvalue weighted by Gasteiger charge is -2.22. The number of rotatable bonds is 4. The third kappa shape index (κ3) is 3.40. The zero-order chi connectivity index (χ0) is 14.9. The second kappa shape index (κ2) is 5.57. The van der Waals surface area contributed by atoms with E-state index in [-0.39, 0.29) is 35.4 Å². The monoisotopic (exact) mass is 303 g/mol. The topological polar surface area (TPSA) is 54.5 Å². The lowest BCUT2D eigenvalue weighted by Crippen LogP contribution is -2.36. The van der Waals surface area contributed by atoms with E-state index in [0.29, 0.717) is 6.42 Å². The number of carbonyl (C=O) groups is 1. The summed E-state index contributed by atoms with van der Waals surface area (Å²) in [5.41, 5.74) is 0.0802. The van der Waals surface area contributed by atoms with E-state index in [1.165, 1.54) is 6.07 Å². The van der Waals surface area contributed by atoms with Crippen molar-refractivity contribution in [3.05, 3.63) is 35.4 Å². The van der Waals surface area contributed by atoms with Crippen molar-refractivity contribution in [2.45, 2.75) is 12.5 Å². The molecule has 0 aliphatic carbocycles. The Bertz CT molecular complexity index is 631. The van der Waals surface area contributed by atoms with Crippen molar-refractivity contribution in [3.63, 3.8) is 0 Å². The number of ketones is 1. The summed E-state index contributed by atoms with van der Waals surface area (Å²) in [7, 11) is -1.36. The first-order valence-electron chi connectivity index (χ1n) is 6.17. The number of Topliss-reactive ketones (excluding diaryl/α,β-unsaturated/α-hetero) is 1. The van der Waals surface area contributed by atoms with Crippen LogP contribution in [0, 0.1) is 11.6 Å². The molecule has 1 atom stereocenters. The fourth-order valence-electron chi connectivity index (χ4n) is 2.24. The number of carbonyl (C=O) groups excluding carboxylic acids is 1. The fourth-order valence-corrected chi connectivity index (χ4v) is 4.04. The average molecular weight is 303 g/mol. The zero-order valence-corrected chi connectivity index (χ0v) is 11.8. The molecule has 1 heterocycles. The maximum atomic E-state index is 13.1. The van der Waals surface area contributed by atoms with Crippen LogP contribution in [0.1, 0.15) is 16.8 Å². The molecular formula is C13H15F2NO3S. The van der Waals surface area contributed by atoms with Crippen LogP contribution < -0.4 is 0 Å². The smallest absolute Gasteiger partial charge is 0.176 e. The van der Waals surface area contributed by atoms with Gasteiger partial charge in [-0.15, -0.1) is 0 Å². The van der Waals surface area contributed by atoms with Gasteiger partial charge in [-0.3, -0.25) is 9.69 Å². The highest BCUT2D eigenvalue weighted by atomic mass is 32.2. The van der Waals surface area contributed by atoms with Crippen LogP contribution in [0.2, 0.25) is 0 Å². The Kier molecular flexibility index (Phi) is 4.19. The number of halogens is 2. The maximum absolute atomic E-state index is 13.1. The van der Waals surface area contributed by atoms with Crippen LogP contribution in [0.25, 0.3) is 0 Å². The summed E-state index contributed by atoms with van der Waals surface area (Å²) in [6.45, 7) is -0.0226. The van der Waals surface area contributed by atoms with Gasteiger partial charge >= 0.3 is 0 Å². The van der Waals surface area contributed by atoms with Gasteiger partial charge in [-0.05, 0) is 31.7 Å². The molecule has 1 saturated heterocycles. The lowest BCUT2D eigenvalue weighted by atomic mass is 10.1. The maximum Gasteiger partial charge on any atom is 0.176 e. The Hall–Kier alpha value is -1.34. The summed E-state index contributed by atoms with van der Waals surface area (Å²) in [6, 6.07) is 2.79. The highest BCUT2D eigenvalue weighted by Crippen LogP contribution is 2.17. The number of likely N-dealkylation sites (N-methyl/N-ethyl adjacent to an activating group) is 1. The molecule has 0 amide bonds. The molecule has 1 aromatic carbocycles. The number of sulfone groups is 1. The van der Waals surface area contributed by atoms with Gasteiger partial charge in [0.05, 0.1) is 18.1 Å². The van der Waals surface area contributed by atoms with Gasteiger partial charge in [0, 0.05) is 11.6 Å². The van der Waals surface area contributed by atoms with Crippen LogP contribution in [-0.4, -0.2) is 50.2 Å². The summed E-state index contributed by atoms with van der Waals surface area (Å²) in [5, 5.41) is 0. The average Bonchev–Trinajstić information content (AvgIpc) is 2.73. The quantitative estimate of drug-likeness (QED) is 0.786. The van der Waals surface area contributed by atoms with Crippen molar-refractivity contribution in [3.8, 4) is 0 Å². The SMILES string of the molecule is CN(CC(=O)c1ccc(F)c(F)c1)C1CCS(=O)(=O)C1. The third-order valence-corrected chi connectivity index (χ3v) is 5.22. The Morgan fingerprint density at radius 3 is 2.60 bits per heavy atom. The minimum atomic E-state index is -3.02. The van der Waals surface area contributed by atoms with Crippen molar-refractivity contribution >= 4 is 15.6 Å². The van der Waals surface area contributed by atoms with Crippen LogP contribution in [0.3, 0.4) is 0 Å². The van der Waals surface area contributed by atoms with Crippen molar-refractivity contribution in [2.24, 2.45) is 0 Å². The van der Waals surface area contributed by atoms with Gasteiger partial charge in [0.1, 0.15) is 0 Å². The fraction of sp³-hybridized carbons (Fsp3) is 0.462. The summed E-state index contributed by atoms with van der Waals surface area (Å²) < 4.78 is 48.6. The molecule has 0 radical (unpaired) electrons. The number of benzene rings is 1. The van der Waals surface area contributed by atoms with Gasteiger partial charge in [0.15, 0.2) is 27.3 Å². The van der Waals surface area contributed by atoms with E-state index in [1.54, 1.807) is 11.9 Å². The van der Waals surface area contributed by atoms with E-state index in [9.17, 15) is 22.0 Å². The van der Waals surface area contributed by atoms with Crippen LogP contribution >= 0.6 is 0 Å². The molecule has 7 heteroatoms. The van der Waals surface area contributed by atoms with Crippen LogP contribution in [-0.2, 0) is 9.84 Å². The molecule has 0 aromatic heterocycles. The number of hydrogen-bond donors (Lipinski definition) is 0.